The number of nitrogens with two attached hydrogens (primary N) is 1. The number of thiophene rings is 1. The van der Waals surface area contributed by atoms with Crippen molar-refractivity contribution >= 4 is 23.2 Å². The van der Waals surface area contributed by atoms with E-state index in [4.69, 9.17) is 5.73 Å². The standard InChI is InChI=1S/C14H14N2O2S.C6H6/c15-13(17)10-16(9-12-7-4-8-19-12)14(18)11-5-2-1-3-6-11;1-2-4-6-5-3-1/h1-8H,9-10H2,(H2,15,17);1-6H. The summed E-state index contributed by atoms with van der Waals surface area (Å²) >= 11 is 1.54. The first-order valence-electron chi connectivity index (χ1n) is 7.82. The average molecular weight is 352 g/mol. The van der Waals surface area contributed by atoms with Crippen LogP contribution in [0, 0.1) is 0 Å². The molecule has 0 aliphatic carbocycles. The van der Waals surface area contributed by atoms with Crippen molar-refractivity contribution in [2.45, 2.75) is 6.54 Å². The Labute approximate surface area is 151 Å². The van der Waals surface area contributed by atoms with Crippen molar-refractivity contribution in [3.8, 4) is 0 Å². The van der Waals surface area contributed by atoms with Gasteiger partial charge in [-0.05, 0) is 23.6 Å². The highest BCUT2D eigenvalue weighted by Crippen LogP contribution is 2.14. The van der Waals surface area contributed by atoms with E-state index in [9.17, 15) is 9.59 Å². The van der Waals surface area contributed by atoms with Gasteiger partial charge in [0.15, 0.2) is 0 Å². The summed E-state index contributed by atoms with van der Waals surface area (Å²) in [6.45, 7) is 0.319. The molecule has 4 nitrogen and oxygen atoms in total. The summed E-state index contributed by atoms with van der Waals surface area (Å²) in [5.74, 6) is -0.700. The summed E-state index contributed by atoms with van der Waals surface area (Å²) in [6.07, 6.45) is 0. The molecule has 2 amide bonds. The second kappa shape index (κ2) is 10.1. The lowest BCUT2D eigenvalue weighted by Crippen LogP contribution is -2.37. The third kappa shape index (κ3) is 6.61. The molecular formula is C20H20N2O2S. The van der Waals surface area contributed by atoms with Crippen LogP contribution in [0.15, 0.2) is 84.2 Å². The summed E-state index contributed by atoms with van der Waals surface area (Å²) in [7, 11) is 0. The highest BCUT2D eigenvalue weighted by Gasteiger charge is 2.18. The Morgan fingerprint density at radius 2 is 1.40 bits per heavy atom. The minimum atomic E-state index is -0.513. The van der Waals surface area contributed by atoms with Gasteiger partial charge in [0.1, 0.15) is 6.54 Å². The topological polar surface area (TPSA) is 63.4 Å². The van der Waals surface area contributed by atoms with Gasteiger partial charge in [0, 0.05) is 10.4 Å². The predicted octanol–water partition coefficient (Wildman–Crippen LogP) is 3.56. The van der Waals surface area contributed by atoms with Gasteiger partial charge in [-0.2, -0.15) is 0 Å². The summed E-state index contributed by atoms with van der Waals surface area (Å²) in [4.78, 5) is 25.9. The van der Waals surface area contributed by atoms with E-state index in [0.29, 0.717) is 12.1 Å². The fourth-order valence-electron chi connectivity index (χ4n) is 2.13. The smallest absolute Gasteiger partial charge is 0.254 e. The number of benzene rings is 2. The van der Waals surface area contributed by atoms with Gasteiger partial charge in [-0.15, -0.1) is 11.3 Å². The Kier molecular flexibility index (Phi) is 7.41. The van der Waals surface area contributed by atoms with Crippen molar-refractivity contribution in [2.75, 3.05) is 6.54 Å². The molecule has 3 aromatic rings. The van der Waals surface area contributed by atoms with Gasteiger partial charge in [-0.25, -0.2) is 0 Å². The Bertz CT molecular complexity index is 732. The van der Waals surface area contributed by atoms with Gasteiger partial charge < -0.3 is 10.6 Å². The second-order valence-electron chi connectivity index (χ2n) is 5.23. The lowest BCUT2D eigenvalue weighted by molar-refractivity contribution is -0.118. The van der Waals surface area contributed by atoms with Crippen molar-refractivity contribution in [3.63, 3.8) is 0 Å². The molecule has 0 saturated carbocycles. The molecule has 0 aliphatic heterocycles. The van der Waals surface area contributed by atoms with Gasteiger partial charge in [0.25, 0.3) is 5.91 Å². The van der Waals surface area contributed by atoms with Crippen molar-refractivity contribution in [1.82, 2.24) is 4.90 Å². The molecular weight excluding hydrogens is 332 g/mol. The molecule has 0 atom stereocenters. The molecule has 0 spiro atoms. The quantitative estimate of drug-likeness (QED) is 0.763. The van der Waals surface area contributed by atoms with Crippen molar-refractivity contribution in [2.24, 2.45) is 5.73 Å². The van der Waals surface area contributed by atoms with E-state index in [1.165, 1.54) is 4.90 Å². The van der Waals surface area contributed by atoms with Crippen LogP contribution < -0.4 is 5.73 Å². The first kappa shape index (κ1) is 18.4. The monoisotopic (exact) mass is 352 g/mol. The minimum Gasteiger partial charge on any atom is -0.368 e. The van der Waals surface area contributed by atoms with E-state index in [2.05, 4.69) is 0 Å². The van der Waals surface area contributed by atoms with E-state index >= 15 is 0 Å². The van der Waals surface area contributed by atoms with E-state index < -0.39 is 5.91 Å². The van der Waals surface area contributed by atoms with Crippen molar-refractivity contribution in [1.29, 1.82) is 0 Å². The number of amides is 2. The largest absolute Gasteiger partial charge is 0.368 e. The zero-order chi connectivity index (χ0) is 17.9. The number of nitrogens with zero attached hydrogens (tertiary/aromatic N) is 1. The minimum absolute atomic E-state index is 0.0778. The van der Waals surface area contributed by atoms with Crippen LogP contribution in [0.25, 0.3) is 0 Å². The third-order valence-electron chi connectivity index (χ3n) is 3.25. The Hall–Kier alpha value is -2.92. The second-order valence-corrected chi connectivity index (χ2v) is 6.26. The summed E-state index contributed by atoms with van der Waals surface area (Å²) in [5, 5.41) is 1.94. The fourth-order valence-corrected chi connectivity index (χ4v) is 2.85. The van der Waals surface area contributed by atoms with E-state index in [-0.39, 0.29) is 12.5 Å². The number of carbonyl (C=O) groups excluding carboxylic acids is 2. The van der Waals surface area contributed by atoms with Crippen LogP contribution in [0.3, 0.4) is 0 Å². The van der Waals surface area contributed by atoms with Gasteiger partial charge in [0.05, 0.1) is 6.54 Å². The van der Waals surface area contributed by atoms with Crippen LogP contribution in [-0.2, 0) is 11.3 Å². The zero-order valence-corrected chi connectivity index (χ0v) is 14.6. The SMILES string of the molecule is NC(=O)CN(Cc1cccs1)C(=O)c1ccccc1.c1ccccc1. The number of hydrogen-bond donors (Lipinski definition) is 1. The molecule has 3 rings (SSSR count). The van der Waals surface area contributed by atoms with Gasteiger partial charge in [-0.1, -0.05) is 60.7 Å². The van der Waals surface area contributed by atoms with Crippen LogP contribution in [0.4, 0.5) is 0 Å². The molecule has 0 fully saturated rings. The molecule has 25 heavy (non-hydrogen) atoms. The first-order valence-corrected chi connectivity index (χ1v) is 8.70. The summed E-state index contributed by atoms with van der Waals surface area (Å²) < 4.78 is 0. The predicted molar refractivity (Wildman–Crippen MR) is 101 cm³/mol. The molecule has 1 aromatic heterocycles. The maximum Gasteiger partial charge on any atom is 0.254 e. The Morgan fingerprint density at radius 1 is 0.840 bits per heavy atom. The zero-order valence-electron chi connectivity index (χ0n) is 13.7. The average Bonchev–Trinajstić information content (AvgIpc) is 3.16. The van der Waals surface area contributed by atoms with E-state index in [0.717, 1.165) is 4.88 Å². The highest BCUT2D eigenvalue weighted by atomic mass is 32.1. The van der Waals surface area contributed by atoms with E-state index in [1.54, 1.807) is 35.6 Å². The number of carbonyl (C=O) groups is 2. The van der Waals surface area contributed by atoms with Crippen molar-refractivity contribution < 1.29 is 9.59 Å². The van der Waals surface area contributed by atoms with Gasteiger partial charge in [0.2, 0.25) is 5.91 Å². The van der Waals surface area contributed by atoms with Gasteiger partial charge >= 0.3 is 0 Å². The molecule has 0 radical (unpaired) electrons. The molecule has 1 heterocycles. The molecule has 0 unspecified atom stereocenters. The summed E-state index contributed by atoms with van der Waals surface area (Å²) in [5.41, 5.74) is 5.76. The summed E-state index contributed by atoms with van der Waals surface area (Å²) in [6, 6.07) is 24.7. The molecule has 0 saturated heterocycles. The molecule has 0 bridgehead atoms. The molecule has 128 valence electrons. The van der Waals surface area contributed by atoms with Crippen LogP contribution in [0.2, 0.25) is 0 Å². The van der Waals surface area contributed by atoms with Crippen LogP contribution in [0.1, 0.15) is 15.2 Å². The normalized spacial score (nSPS) is 9.60. The lowest BCUT2D eigenvalue weighted by Gasteiger charge is -2.20. The van der Waals surface area contributed by atoms with Gasteiger partial charge in [-0.3, -0.25) is 9.59 Å². The number of primary amides is 1. The Balaban J connectivity index is 0.000000316. The van der Waals surface area contributed by atoms with E-state index in [1.807, 2.05) is 60.0 Å². The third-order valence-corrected chi connectivity index (χ3v) is 4.11. The van der Waals surface area contributed by atoms with Crippen LogP contribution in [0.5, 0.6) is 0 Å². The highest BCUT2D eigenvalue weighted by molar-refractivity contribution is 7.09. The fraction of sp³-hybridized carbons (Fsp3) is 0.100. The lowest BCUT2D eigenvalue weighted by atomic mass is 10.2. The maximum atomic E-state index is 12.3. The molecule has 5 heteroatoms. The Morgan fingerprint density at radius 3 is 1.88 bits per heavy atom. The van der Waals surface area contributed by atoms with Crippen LogP contribution in [-0.4, -0.2) is 23.3 Å². The van der Waals surface area contributed by atoms with Crippen molar-refractivity contribution in [3.05, 3.63) is 94.7 Å². The molecule has 2 aromatic carbocycles. The first-order chi connectivity index (χ1) is 12.2. The van der Waals surface area contributed by atoms with Crippen LogP contribution >= 0.6 is 11.3 Å². The molecule has 0 aliphatic rings. The number of rotatable bonds is 5. The maximum absolute atomic E-state index is 12.3. The molecule has 2 N–H and O–H groups in total. The number of hydrogen-bond acceptors (Lipinski definition) is 3.